The van der Waals surface area contributed by atoms with Crippen molar-refractivity contribution in [2.45, 2.75) is 19.5 Å². The number of hydrogen-bond acceptors (Lipinski definition) is 4. The van der Waals surface area contributed by atoms with Crippen LogP contribution in [0.25, 0.3) is 16.9 Å². The number of imidazole rings is 1. The van der Waals surface area contributed by atoms with Gasteiger partial charge in [-0.1, -0.05) is 30.3 Å². The molecule has 7 nitrogen and oxygen atoms in total. The van der Waals surface area contributed by atoms with E-state index in [0.29, 0.717) is 29.3 Å². The zero-order valence-electron chi connectivity index (χ0n) is 17.2. The monoisotopic (exact) mass is 432 g/mol. The number of pyridine rings is 1. The van der Waals surface area contributed by atoms with Gasteiger partial charge in [0, 0.05) is 18.3 Å². The van der Waals surface area contributed by atoms with E-state index < -0.39 is 17.9 Å². The predicted octanol–water partition coefficient (Wildman–Crippen LogP) is 3.96. The standard InChI is InChI=1S/C24H21FN4O3/c1-15(24(31)32)27-23(30)19-8-5-13-29-21(19)28-20(17-9-11-18(25)12-10-17)22(29)26-14-16-6-3-2-4-7-16/h2-13,15,26H,14H2,1H3,(H,27,30)(H,31,32). The molecule has 32 heavy (non-hydrogen) atoms. The number of aliphatic carboxylic acids is 1. The number of fused-ring (bicyclic) bond motifs is 1. The molecule has 1 amide bonds. The minimum absolute atomic E-state index is 0.233. The van der Waals surface area contributed by atoms with Crippen molar-refractivity contribution in [3.63, 3.8) is 0 Å². The maximum atomic E-state index is 13.5. The Kier molecular flexibility index (Phi) is 5.85. The maximum absolute atomic E-state index is 13.5. The van der Waals surface area contributed by atoms with E-state index in [1.807, 2.05) is 30.3 Å². The molecule has 0 spiro atoms. The van der Waals surface area contributed by atoms with Crippen molar-refractivity contribution >= 4 is 23.3 Å². The highest BCUT2D eigenvalue weighted by Gasteiger charge is 2.21. The Balaban J connectivity index is 1.79. The number of anilines is 1. The molecule has 2 aromatic carbocycles. The van der Waals surface area contributed by atoms with Crippen LogP contribution >= 0.6 is 0 Å². The third kappa shape index (κ3) is 4.29. The molecule has 4 aromatic rings. The minimum atomic E-state index is -1.13. The number of aromatic nitrogens is 2. The Morgan fingerprint density at radius 1 is 1.06 bits per heavy atom. The Morgan fingerprint density at radius 3 is 2.47 bits per heavy atom. The van der Waals surface area contributed by atoms with E-state index in [-0.39, 0.29) is 11.4 Å². The fraction of sp³-hybridized carbons (Fsp3) is 0.125. The van der Waals surface area contributed by atoms with Gasteiger partial charge in [-0.15, -0.1) is 0 Å². The molecule has 0 saturated carbocycles. The summed E-state index contributed by atoms with van der Waals surface area (Å²) in [4.78, 5) is 28.6. The average molecular weight is 432 g/mol. The van der Waals surface area contributed by atoms with Crippen LogP contribution in [0.15, 0.2) is 72.9 Å². The average Bonchev–Trinajstić information content (AvgIpc) is 3.17. The van der Waals surface area contributed by atoms with Gasteiger partial charge in [-0.25, -0.2) is 9.37 Å². The summed E-state index contributed by atoms with van der Waals surface area (Å²) in [6.07, 6.45) is 1.76. The molecule has 1 atom stereocenters. The molecular formula is C24H21FN4O3. The molecule has 0 radical (unpaired) electrons. The Labute approximate surface area is 183 Å². The highest BCUT2D eigenvalue weighted by atomic mass is 19.1. The summed E-state index contributed by atoms with van der Waals surface area (Å²) in [6.45, 7) is 1.90. The summed E-state index contributed by atoms with van der Waals surface area (Å²) in [5.41, 5.74) is 2.87. The molecule has 0 saturated heterocycles. The van der Waals surface area contributed by atoms with E-state index in [1.54, 1.807) is 34.9 Å². The topological polar surface area (TPSA) is 95.7 Å². The molecule has 4 rings (SSSR count). The predicted molar refractivity (Wildman–Crippen MR) is 119 cm³/mol. The number of rotatable bonds is 7. The quantitative estimate of drug-likeness (QED) is 0.411. The van der Waals surface area contributed by atoms with E-state index in [0.717, 1.165) is 5.56 Å². The van der Waals surface area contributed by atoms with Crippen LogP contribution in [0, 0.1) is 5.82 Å². The van der Waals surface area contributed by atoms with Gasteiger partial charge in [-0.3, -0.25) is 14.0 Å². The highest BCUT2D eigenvalue weighted by Crippen LogP contribution is 2.30. The van der Waals surface area contributed by atoms with Gasteiger partial charge < -0.3 is 15.7 Å². The van der Waals surface area contributed by atoms with Gasteiger partial charge in [0.2, 0.25) is 0 Å². The summed E-state index contributed by atoms with van der Waals surface area (Å²) < 4.78 is 15.2. The van der Waals surface area contributed by atoms with Crippen molar-refractivity contribution in [3.05, 3.63) is 89.9 Å². The second-order valence-electron chi connectivity index (χ2n) is 7.30. The molecular weight excluding hydrogens is 411 g/mol. The first-order valence-electron chi connectivity index (χ1n) is 10.0. The van der Waals surface area contributed by atoms with Crippen LogP contribution in [-0.4, -0.2) is 32.4 Å². The zero-order chi connectivity index (χ0) is 22.7. The number of carboxylic acid groups (broad SMARTS) is 1. The molecule has 1 unspecified atom stereocenters. The summed E-state index contributed by atoms with van der Waals surface area (Å²) >= 11 is 0. The van der Waals surface area contributed by atoms with Gasteiger partial charge in [0.1, 0.15) is 23.4 Å². The smallest absolute Gasteiger partial charge is 0.325 e. The Hall–Kier alpha value is -4.20. The first kappa shape index (κ1) is 21.0. The number of nitrogens with one attached hydrogen (secondary N) is 2. The largest absolute Gasteiger partial charge is 0.480 e. The second kappa shape index (κ2) is 8.89. The summed E-state index contributed by atoms with van der Waals surface area (Å²) in [5.74, 6) is -1.41. The van der Waals surface area contributed by atoms with Gasteiger partial charge >= 0.3 is 5.97 Å². The number of hydrogen-bond donors (Lipinski definition) is 3. The summed E-state index contributed by atoms with van der Waals surface area (Å²) in [5, 5.41) is 14.9. The molecule has 0 aliphatic carbocycles. The van der Waals surface area contributed by atoms with E-state index in [1.165, 1.54) is 19.1 Å². The van der Waals surface area contributed by atoms with Crippen molar-refractivity contribution in [2.75, 3.05) is 5.32 Å². The zero-order valence-corrected chi connectivity index (χ0v) is 17.2. The van der Waals surface area contributed by atoms with E-state index >= 15 is 0 Å². The van der Waals surface area contributed by atoms with Crippen molar-refractivity contribution in [2.24, 2.45) is 0 Å². The van der Waals surface area contributed by atoms with Crippen LogP contribution < -0.4 is 10.6 Å². The second-order valence-corrected chi connectivity index (χ2v) is 7.30. The summed E-state index contributed by atoms with van der Waals surface area (Å²) in [7, 11) is 0. The van der Waals surface area contributed by atoms with Gasteiger partial charge in [-0.2, -0.15) is 0 Å². The van der Waals surface area contributed by atoms with Gasteiger partial charge in [0.05, 0.1) is 5.56 Å². The molecule has 8 heteroatoms. The van der Waals surface area contributed by atoms with Crippen molar-refractivity contribution in [1.82, 2.24) is 14.7 Å². The van der Waals surface area contributed by atoms with Crippen LogP contribution in [0.1, 0.15) is 22.8 Å². The molecule has 0 aliphatic heterocycles. The van der Waals surface area contributed by atoms with Crippen LogP contribution in [0.2, 0.25) is 0 Å². The van der Waals surface area contributed by atoms with Gasteiger partial charge in [0.15, 0.2) is 5.65 Å². The molecule has 0 fully saturated rings. The normalized spacial score (nSPS) is 11.8. The third-order valence-electron chi connectivity index (χ3n) is 5.03. The fourth-order valence-corrected chi connectivity index (χ4v) is 3.34. The fourth-order valence-electron chi connectivity index (χ4n) is 3.34. The molecule has 0 bridgehead atoms. The van der Waals surface area contributed by atoms with Crippen molar-refractivity contribution in [3.8, 4) is 11.3 Å². The maximum Gasteiger partial charge on any atom is 0.325 e. The number of halogens is 1. The van der Waals surface area contributed by atoms with Gasteiger partial charge in [0.25, 0.3) is 5.91 Å². The number of carbonyl (C=O) groups excluding carboxylic acids is 1. The SMILES string of the molecule is CC(NC(=O)c1cccn2c(NCc3ccccc3)c(-c3ccc(F)cc3)nc12)C(=O)O. The summed E-state index contributed by atoms with van der Waals surface area (Å²) in [6, 6.07) is 18.0. The van der Waals surface area contributed by atoms with Crippen LogP contribution in [0.3, 0.4) is 0 Å². The lowest BCUT2D eigenvalue weighted by molar-refractivity contribution is -0.138. The Morgan fingerprint density at radius 2 is 1.78 bits per heavy atom. The Bertz CT molecular complexity index is 1270. The van der Waals surface area contributed by atoms with E-state index in [2.05, 4.69) is 15.6 Å². The molecule has 2 heterocycles. The lowest BCUT2D eigenvalue weighted by atomic mass is 10.1. The van der Waals surface area contributed by atoms with Crippen LogP contribution in [-0.2, 0) is 11.3 Å². The van der Waals surface area contributed by atoms with Crippen molar-refractivity contribution < 1.29 is 19.1 Å². The van der Waals surface area contributed by atoms with E-state index in [9.17, 15) is 14.0 Å². The first-order chi connectivity index (χ1) is 15.4. The lowest BCUT2D eigenvalue weighted by Crippen LogP contribution is -2.38. The molecule has 3 N–H and O–H groups in total. The molecule has 0 aliphatic rings. The van der Waals surface area contributed by atoms with Gasteiger partial charge in [-0.05, 0) is 48.9 Å². The number of benzene rings is 2. The number of amides is 1. The van der Waals surface area contributed by atoms with E-state index in [4.69, 9.17) is 5.11 Å². The minimum Gasteiger partial charge on any atom is -0.480 e. The number of nitrogens with zero attached hydrogens (tertiary/aromatic N) is 2. The molecule has 2 aromatic heterocycles. The first-order valence-corrected chi connectivity index (χ1v) is 10.0. The number of carboxylic acids is 1. The number of carbonyl (C=O) groups is 2. The van der Waals surface area contributed by atoms with Crippen molar-refractivity contribution in [1.29, 1.82) is 0 Å². The van der Waals surface area contributed by atoms with Crippen LogP contribution in [0.5, 0.6) is 0 Å². The molecule has 162 valence electrons. The lowest BCUT2D eigenvalue weighted by Gasteiger charge is -2.11. The highest BCUT2D eigenvalue weighted by molar-refractivity contribution is 6.02. The van der Waals surface area contributed by atoms with Crippen LogP contribution in [0.4, 0.5) is 10.2 Å². The third-order valence-corrected chi connectivity index (χ3v) is 5.03.